The van der Waals surface area contributed by atoms with E-state index in [1.165, 1.54) is 59.3 Å². The average Bonchev–Trinajstić information content (AvgIpc) is 0.752. The smallest absolute Gasteiger partial charge is 0.318 e. The molecule has 0 spiro atoms. The molecule has 29 heteroatoms. The predicted octanol–water partition coefficient (Wildman–Crippen LogP) is 11.4. The van der Waals surface area contributed by atoms with Crippen molar-refractivity contribution in [1.29, 1.82) is 0 Å². The molecule has 8 bridgehead atoms. The van der Waals surface area contributed by atoms with Crippen LogP contribution in [0.1, 0.15) is 186 Å². The van der Waals surface area contributed by atoms with Gasteiger partial charge in [0.05, 0.1) is 52.9 Å². The van der Waals surface area contributed by atoms with Crippen molar-refractivity contribution in [3.05, 3.63) is 144 Å². The molecule has 29 nitrogen and oxygen atoms in total. The van der Waals surface area contributed by atoms with Gasteiger partial charge in [-0.15, -0.1) is 0 Å². The largest absolute Gasteiger partial charge is 0.464 e. The van der Waals surface area contributed by atoms with Crippen LogP contribution >= 0.6 is 0 Å². The van der Waals surface area contributed by atoms with Gasteiger partial charge >= 0.3 is 53.8 Å². The zero-order chi connectivity index (χ0) is 86.0. The van der Waals surface area contributed by atoms with Crippen molar-refractivity contribution < 1.29 is 114 Å². The van der Waals surface area contributed by atoms with Crippen LogP contribution < -0.4 is 21.3 Å². The Balaban J connectivity index is 0.693. The van der Waals surface area contributed by atoms with E-state index in [9.17, 15) is 28.8 Å². The number of carbonyl (C=O) groups excluding carboxylic acids is 9. The number of amides is 4. The molecular weight excluding hydrogens is 1570 g/mol. The number of urea groups is 2. The van der Waals surface area contributed by atoms with E-state index in [-0.39, 0.29) is 89.1 Å². The topological polar surface area (TPSA) is 343 Å². The molecule has 8 aliphatic carbocycles. The van der Waals surface area contributed by atoms with Crippen molar-refractivity contribution in [1.82, 2.24) is 26.2 Å². The lowest BCUT2D eigenvalue weighted by atomic mass is 9.53. The average molecular weight is 1700 g/mol. The van der Waals surface area contributed by atoms with Gasteiger partial charge in [-0.2, -0.15) is 0 Å². The molecular formula is C93H123N5O24. The Labute approximate surface area is 714 Å². The first kappa shape index (κ1) is 89.6. The maximum atomic E-state index is 15.4. The van der Waals surface area contributed by atoms with E-state index in [1.807, 2.05) is 121 Å². The predicted molar refractivity (Wildman–Crippen MR) is 438 cm³/mol. The summed E-state index contributed by atoms with van der Waals surface area (Å²) >= 11 is 0. The lowest BCUT2D eigenvalue weighted by molar-refractivity contribution is -0.240. The molecule has 8 saturated carbocycles. The van der Waals surface area contributed by atoms with Crippen LogP contribution in [0.2, 0.25) is 0 Å². The summed E-state index contributed by atoms with van der Waals surface area (Å²) in [4.78, 5) is 133. The number of esters is 7. The van der Waals surface area contributed by atoms with Crippen LogP contribution in [0.4, 0.5) is 9.59 Å². The highest BCUT2D eigenvalue weighted by molar-refractivity contribution is 5.84. The van der Waals surface area contributed by atoms with Gasteiger partial charge in [-0.25, -0.2) is 9.59 Å². The van der Waals surface area contributed by atoms with Crippen LogP contribution in [-0.2, 0) is 105 Å². The van der Waals surface area contributed by atoms with Crippen molar-refractivity contribution in [3.8, 4) is 0 Å². The third kappa shape index (κ3) is 21.8. The van der Waals surface area contributed by atoms with E-state index in [0.717, 1.165) is 60.8 Å². The summed E-state index contributed by atoms with van der Waals surface area (Å²) in [6.07, 6.45) is 11.3. The van der Waals surface area contributed by atoms with Crippen LogP contribution in [0.3, 0.4) is 0 Å². The van der Waals surface area contributed by atoms with Gasteiger partial charge in [0, 0.05) is 53.0 Å². The Morgan fingerprint density at radius 1 is 0.336 bits per heavy atom. The molecule has 0 atom stereocenters. The molecule has 4 aliphatic heterocycles. The molecule has 4 amide bonds. The van der Waals surface area contributed by atoms with E-state index in [4.69, 9.17) is 71.1 Å². The minimum Gasteiger partial charge on any atom is -0.464 e. The molecule has 12 aliphatic rings. The minimum atomic E-state index is -2.13. The second kappa shape index (κ2) is 38.4. The molecule has 0 radical (unpaired) electrons. The van der Waals surface area contributed by atoms with Crippen LogP contribution in [0.5, 0.6) is 0 Å². The minimum absolute atomic E-state index is 0.137. The van der Waals surface area contributed by atoms with Crippen molar-refractivity contribution >= 4 is 53.8 Å². The maximum Gasteiger partial charge on any atom is 0.318 e. The van der Waals surface area contributed by atoms with Crippen LogP contribution in [0, 0.1) is 73.4 Å². The monoisotopic (exact) mass is 1690 g/mol. The van der Waals surface area contributed by atoms with Gasteiger partial charge in [0.15, 0.2) is 25.2 Å². The Kier molecular flexibility index (Phi) is 28.2. The fourth-order valence-electron chi connectivity index (χ4n) is 19.9. The summed E-state index contributed by atoms with van der Waals surface area (Å²) in [6.45, 7) is 5.90. The van der Waals surface area contributed by atoms with Crippen LogP contribution in [0.25, 0.3) is 0 Å². The van der Waals surface area contributed by atoms with E-state index in [0.29, 0.717) is 74.5 Å². The third-order valence-electron chi connectivity index (χ3n) is 26.6. The lowest BCUT2D eigenvalue weighted by Gasteiger charge is -2.56. The standard InChI is InChI=1S/C93H123N5O24/c1-85(48-109-72(110-49-85)68-22-12-8-13-23-68)77(100)119-58-90(6,59-120-78(101)86(2)50-111-73(112-51-86)69-24-14-9-15-25-69)81(104)117-56-89(5,57-118-82(105)91(7,60-121-79(102)87(3)52-113-74(114-53-87)70-26-16-10-17-27-70)61-122-80(103)88(4)54-115-75(116-55-88)71-28-18-11-19-29-71)76(99)108-35-34-98(32-20-30-94-83(106)96-92-42-62-36-63(43-92)38-64(37-62)44-92)33-21-31-95-84(107)97-93-45-65-39-66(46-93)41-67(40-65)47-93/h8-19,22-29,62-67,72-75H,20-21,30-61H2,1-7H3,(H2,94,96,106)(H2,95,97,107). The summed E-state index contributed by atoms with van der Waals surface area (Å²) in [5.74, 6) is -2.73. The molecule has 0 aromatic heterocycles. The zero-order valence-corrected chi connectivity index (χ0v) is 71.6. The van der Waals surface area contributed by atoms with Crippen molar-refractivity contribution in [2.45, 2.75) is 175 Å². The molecule has 4 heterocycles. The Hall–Kier alpha value is -8.65. The molecule has 16 rings (SSSR count). The Bertz CT molecular complexity index is 3770. The quantitative estimate of drug-likeness (QED) is 0.0187. The SMILES string of the molecule is CC(COC(=O)C(C)(COC(=O)C1(C)COC(c2ccccc2)OC1)COC(=O)C1(C)COC(c2ccccc2)OC1)(COC(=O)C(C)(COC(=O)C1(C)COC(c2ccccc2)OC1)COC(=O)C1(C)COC(c2ccccc2)OC1)C(=O)OCCN(CCCNC(=O)NC12CC3CC(CC(C3)C1)C2)CCCNC(=O)NC12CC3CC(CC(C3)C1)C2. The number of rotatable bonds is 36. The third-order valence-corrected chi connectivity index (χ3v) is 26.6. The molecule has 4 saturated heterocycles. The summed E-state index contributed by atoms with van der Waals surface area (Å²) < 4.78 is 91.1. The molecule has 4 aromatic rings. The number of nitrogens with one attached hydrogen (secondary N) is 4. The second-order valence-electron chi connectivity index (χ2n) is 38.7. The van der Waals surface area contributed by atoms with E-state index in [2.05, 4.69) is 26.2 Å². The fourth-order valence-corrected chi connectivity index (χ4v) is 19.9. The van der Waals surface area contributed by atoms with Crippen molar-refractivity contribution in [2.24, 2.45) is 73.4 Å². The summed E-state index contributed by atoms with van der Waals surface area (Å²) in [5, 5.41) is 13.0. The fraction of sp³-hybridized carbons (Fsp3) is 0.645. The van der Waals surface area contributed by atoms with Gasteiger partial charge in [0.1, 0.15) is 84.2 Å². The molecule has 12 fully saturated rings. The molecule has 122 heavy (non-hydrogen) atoms. The summed E-state index contributed by atoms with van der Waals surface area (Å²) in [7, 11) is 0. The van der Waals surface area contributed by atoms with E-state index in [1.54, 1.807) is 27.7 Å². The normalized spacial score (nSPS) is 32.0. The van der Waals surface area contributed by atoms with Crippen LogP contribution in [-0.4, -0.2) is 202 Å². The number of nitrogens with zero attached hydrogens (tertiary/aromatic N) is 1. The summed E-state index contributed by atoms with van der Waals surface area (Å²) in [6, 6.07) is 36.3. The van der Waals surface area contributed by atoms with Gasteiger partial charge in [-0.1, -0.05) is 121 Å². The van der Waals surface area contributed by atoms with Gasteiger partial charge in [-0.05, 0) is 187 Å². The first-order valence-corrected chi connectivity index (χ1v) is 43.6. The van der Waals surface area contributed by atoms with E-state index < -0.39 is 144 Å². The maximum absolute atomic E-state index is 15.4. The first-order chi connectivity index (χ1) is 58.4. The first-order valence-electron chi connectivity index (χ1n) is 43.6. The highest BCUT2D eigenvalue weighted by Crippen LogP contribution is 2.57. The number of ether oxygens (including phenoxy) is 15. The Morgan fingerprint density at radius 3 is 0.811 bits per heavy atom. The zero-order valence-electron chi connectivity index (χ0n) is 71.6. The number of hydrogen-bond acceptors (Lipinski definition) is 25. The van der Waals surface area contributed by atoms with Crippen LogP contribution in [0.15, 0.2) is 121 Å². The van der Waals surface area contributed by atoms with Gasteiger partial charge in [-0.3, -0.25) is 38.5 Å². The highest BCUT2D eigenvalue weighted by Gasteiger charge is 2.56. The number of benzene rings is 4. The number of hydrogen-bond donors (Lipinski definition) is 4. The van der Waals surface area contributed by atoms with Gasteiger partial charge < -0.3 is 92.3 Å². The van der Waals surface area contributed by atoms with E-state index >= 15 is 14.4 Å². The molecule has 4 aromatic carbocycles. The molecule has 0 unspecified atom stereocenters. The molecule has 4 N–H and O–H groups in total. The second-order valence-corrected chi connectivity index (χ2v) is 38.7. The van der Waals surface area contributed by atoms with Gasteiger partial charge in [0.25, 0.3) is 0 Å². The Morgan fingerprint density at radius 2 is 0.566 bits per heavy atom. The van der Waals surface area contributed by atoms with Gasteiger partial charge in [0.2, 0.25) is 0 Å². The van der Waals surface area contributed by atoms with Crippen molar-refractivity contribution in [2.75, 3.05) is 132 Å². The summed E-state index contributed by atoms with van der Waals surface area (Å²) in [5.41, 5.74) is -9.28. The van der Waals surface area contributed by atoms with Crippen molar-refractivity contribution in [3.63, 3.8) is 0 Å². The molecule has 664 valence electrons. The lowest BCUT2D eigenvalue weighted by Crippen LogP contribution is -2.61. The number of carbonyl (C=O) groups is 9. The highest BCUT2D eigenvalue weighted by atomic mass is 16.7.